The van der Waals surface area contributed by atoms with Crippen LogP contribution in [-0.4, -0.2) is 24.3 Å². The molecule has 2 rings (SSSR count). The molecule has 6 nitrogen and oxygen atoms in total. The number of carbonyl (C=O) groups is 3. The zero-order valence-electron chi connectivity index (χ0n) is 15.7. The molecule has 0 radical (unpaired) electrons. The van der Waals surface area contributed by atoms with Crippen LogP contribution in [0.1, 0.15) is 53.8 Å². The minimum Gasteiger partial charge on any atom is -0.352 e. The van der Waals surface area contributed by atoms with Crippen molar-refractivity contribution in [3.05, 3.63) is 59.7 Å². The number of amides is 3. The van der Waals surface area contributed by atoms with Gasteiger partial charge in [0.1, 0.15) is 0 Å². The SMILES string of the molecule is CCCCNC(=O)c1ccccc1NC(=O)c1ccc(NC(=O)CC)cc1. The molecule has 3 N–H and O–H groups in total. The fourth-order valence-corrected chi connectivity index (χ4v) is 2.41. The molecule has 27 heavy (non-hydrogen) atoms. The van der Waals surface area contributed by atoms with E-state index in [0.717, 1.165) is 12.8 Å². The van der Waals surface area contributed by atoms with Crippen molar-refractivity contribution in [1.29, 1.82) is 0 Å². The topological polar surface area (TPSA) is 87.3 Å². The second-order valence-corrected chi connectivity index (χ2v) is 6.09. The van der Waals surface area contributed by atoms with Gasteiger partial charge in [0.05, 0.1) is 11.3 Å². The van der Waals surface area contributed by atoms with Gasteiger partial charge in [0, 0.05) is 24.2 Å². The van der Waals surface area contributed by atoms with Crippen LogP contribution in [0.15, 0.2) is 48.5 Å². The van der Waals surface area contributed by atoms with E-state index in [1.165, 1.54) is 0 Å². The Hall–Kier alpha value is -3.15. The van der Waals surface area contributed by atoms with Crippen LogP contribution in [0.3, 0.4) is 0 Å². The van der Waals surface area contributed by atoms with Crippen molar-refractivity contribution in [2.24, 2.45) is 0 Å². The molecule has 2 aromatic rings. The van der Waals surface area contributed by atoms with Crippen LogP contribution in [-0.2, 0) is 4.79 Å². The first-order valence-electron chi connectivity index (χ1n) is 9.13. The molecule has 0 bridgehead atoms. The smallest absolute Gasteiger partial charge is 0.255 e. The summed E-state index contributed by atoms with van der Waals surface area (Å²) in [7, 11) is 0. The van der Waals surface area contributed by atoms with Crippen LogP contribution in [0.25, 0.3) is 0 Å². The van der Waals surface area contributed by atoms with Crippen molar-refractivity contribution in [3.8, 4) is 0 Å². The largest absolute Gasteiger partial charge is 0.352 e. The van der Waals surface area contributed by atoms with Gasteiger partial charge in [0.15, 0.2) is 0 Å². The maximum absolute atomic E-state index is 12.5. The molecule has 2 aromatic carbocycles. The third kappa shape index (κ3) is 5.95. The molecule has 0 aliphatic heterocycles. The Morgan fingerprint density at radius 3 is 2.22 bits per heavy atom. The summed E-state index contributed by atoms with van der Waals surface area (Å²) in [4.78, 5) is 36.2. The Morgan fingerprint density at radius 2 is 1.56 bits per heavy atom. The summed E-state index contributed by atoms with van der Waals surface area (Å²) in [6, 6.07) is 13.5. The average Bonchev–Trinajstić information content (AvgIpc) is 2.69. The van der Waals surface area contributed by atoms with E-state index >= 15 is 0 Å². The first-order chi connectivity index (χ1) is 13.0. The van der Waals surface area contributed by atoms with E-state index in [9.17, 15) is 14.4 Å². The van der Waals surface area contributed by atoms with Crippen LogP contribution in [0.4, 0.5) is 11.4 Å². The minimum absolute atomic E-state index is 0.0878. The molecular weight excluding hydrogens is 342 g/mol. The van der Waals surface area contributed by atoms with Crippen molar-refractivity contribution in [2.75, 3.05) is 17.2 Å². The third-order valence-corrected chi connectivity index (χ3v) is 3.99. The highest BCUT2D eigenvalue weighted by molar-refractivity contribution is 6.09. The number of benzene rings is 2. The molecular formula is C21H25N3O3. The molecule has 142 valence electrons. The maximum atomic E-state index is 12.5. The van der Waals surface area contributed by atoms with E-state index in [-0.39, 0.29) is 17.7 Å². The first kappa shape index (κ1) is 20.2. The van der Waals surface area contributed by atoms with Gasteiger partial charge in [-0.1, -0.05) is 32.4 Å². The van der Waals surface area contributed by atoms with Gasteiger partial charge in [-0.2, -0.15) is 0 Å². The highest BCUT2D eigenvalue weighted by Crippen LogP contribution is 2.17. The van der Waals surface area contributed by atoms with Crippen LogP contribution in [0.5, 0.6) is 0 Å². The molecule has 0 fully saturated rings. The van der Waals surface area contributed by atoms with Crippen molar-refractivity contribution < 1.29 is 14.4 Å². The van der Waals surface area contributed by atoms with Gasteiger partial charge in [0.2, 0.25) is 5.91 Å². The lowest BCUT2D eigenvalue weighted by atomic mass is 10.1. The molecule has 0 saturated carbocycles. The number of nitrogens with one attached hydrogen (secondary N) is 3. The lowest BCUT2D eigenvalue weighted by Gasteiger charge is -2.12. The molecule has 0 heterocycles. The minimum atomic E-state index is -0.322. The van der Waals surface area contributed by atoms with E-state index < -0.39 is 0 Å². The number of rotatable bonds is 8. The maximum Gasteiger partial charge on any atom is 0.255 e. The number of unbranched alkanes of at least 4 members (excludes halogenated alkanes) is 1. The molecule has 6 heteroatoms. The van der Waals surface area contributed by atoms with Crippen molar-refractivity contribution in [2.45, 2.75) is 33.1 Å². The fraction of sp³-hybridized carbons (Fsp3) is 0.286. The number of hydrogen-bond acceptors (Lipinski definition) is 3. The molecule has 0 aliphatic rings. The van der Waals surface area contributed by atoms with Crippen LogP contribution in [0, 0.1) is 0 Å². The lowest BCUT2D eigenvalue weighted by Crippen LogP contribution is -2.26. The van der Waals surface area contributed by atoms with Crippen molar-refractivity contribution >= 4 is 29.1 Å². The summed E-state index contributed by atoms with van der Waals surface area (Å²) in [5.41, 5.74) is 1.95. The normalized spacial score (nSPS) is 10.1. The second-order valence-electron chi connectivity index (χ2n) is 6.09. The zero-order chi connectivity index (χ0) is 19.6. The van der Waals surface area contributed by atoms with Crippen molar-refractivity contribution in [3.63, 3.8) is 0 Å². The van der Waals surface area contributed by atoms with Crippen LogP contribution in [0.2, 0.25) is 0 Å². The Bertz CT molecular complexity index is 801. The van der Waals surface area contributed by atoms with Gasteiger partial charge in [-0.3, -0.25) is 14.4 Å². The van der Waals surface area contributed by atoms with Crippen molar-refractivity contribution in [1.82, 2.24) is 5.32 Å². The van der Waals surface area contributed by atoms with Crippen LogP contribution < -0.4 is 16.0 Å². The number of hydrogen-bond donors (Lipinski definition) is 3. The second kappa shape index (κ2) is 10.1. The standard InChI is InChI=1S/C21H25N3O3/c1-3-5-14-22-21(27)17-8-6-7-9-18(17)24-20(26)15-10-12-16(13-11-15)23-19(25)4-2/h6-13H,3-5,14H2,1-2H3,(H,22,27)(H,23,25)(H,24,26). The Balaban J connectivity index is 2.07. The molecule has 0 saturated heterocycles. The molecule has 0 spiro atoms. The van der Waals surface area contributed by atoms with Gasteiger partial charge in [-0.25, -0.2) is 0 Å². The van der Waals surface area contributed by atoms with Crippen LogP contribution >= 0.6 is 0 Å². The summed E-state index contributed by atoms with van der Waals surface area (Å²) in [5, 5.41) is 8.37. The third-order valence-electron chi connectivity index (χ3n) is 3.99. The average molecular weight is 367 g/mol. The van der Waals surface area contributed by atoms with Gasteiger partial charge in [-0.05, 0) is 42.8 Å². The fourth-order valence-electron chi connectivity index (χ4n) is 2.41. The quantitative estimate of drug-likeness (QED) is 0.620. The first-order valence-corrected chi connectivity index (χ1v) is 9.13. The highest BCUT2D eigenvalue weighted by Gasteiger charge is 2.14. The summed E-state index contributed by atoms with van der Waals surface area (Å²) >= 11 is 0. The van der Waals surface area contributed by atoms with Gasteiger partial charge in [0.25, 0.3) is 11.8 Å². The van der Waals surface area contributed by atoms with Gasteiger partial charge in [-0.15, -0.1) is 0 Å². The number of carbonyl (C=O) groups excluding carboxylic acids is 3. The van der Waals surface area contributed by atoms with E-state index in [1.807, 2.05) is 0 Å². The van der Waals surface area contributed by atoms with Gasteiger partial charge < -0.3 is 16.0 Å². The summed E-state index contributed by atoms with van der Waals surface area (Å²) in [6.07, 6.45) is 2.29. The molecule has 0 aliphatic carbocycles. The molecule has 0 aromatic heterocycles. The predicted octanol–water partition coefficient (Wildman–Crippen LogP) is 3.82. The number of anilines is 2. The van der Waals surface area contributed by atoms with E-state index in [1.54, 1.807) is 55.5 Å². The lowest BCUT2D eigenvalue weighted by molar-refractivity contribution is -0.115. The Labute approximate surface area is 159 Å². The molecule has 0 atom stereocenters. The van der Waals surface area contributed by atoms with E-state index in [0.29, 0.717) is 35.5 Å². The monoisotopic (exact) mass is 367 g/mol. The Morgan fingerprint density at radius 1 is 0.852 bits per heavy atom. The summed E-state index contributed by atoms with van der Waals surface area (Å²) in [5.74, 6) is -0.621. The summed E-state index contributed by atoms with van der Waals surface area (Å²) < 4.78 is 0. The van der Waals surface area contributed by atoms with E-state index in [2.05, 4.69) is 22.9 Å². The zero-order valence-corrected chi connectivity index (χ0v) is 15.7. The van der Waals surface area contributed by atoms with E-state index in [4.69, 9.17) is 0 Å². The molecule has 3 amide bonds. The highest BCUT2D eigenvalue weighted by atomic mass is 16.2. The predicted molar refractivity (Wildman–Crippen MR) is 107 cm³/mol. The number of para-hydroxylation sites is 1. The Kier molecular flexibility index (Phi) is 7.55. The summed E-state index contributed by atoms with van der Waals surface area (Å²) in [6.45, 7) is 4.43. The molecule has 0 unspecified atom stereocenters. The van der Waals surface area contributed by atoms with Gasteiger partial charge >= 0.3 is 0 Å².